The van der Waals surface area contributed by atoms with E-state index in [9.17, 15) is 14.7 Å². The lowest BCUT2D eigenvalue weighted by Crippen LogP contribution is -2.40. The molecule has 0 saturated carbocycles. The van der Waals surface area contributed by atoms with Gasteiger partial charge in [0.05, 0.1) is 34.9 Å². The maximum absolute atomic E-state index is 13.4. The van der Waals surface area contributed by atoms with Crippen LogP contribution in [-0.2, 0) is 29.2 Å². The highest BCUT2D eigenvalue weighted by molar-refractivity contribution is 5.89. The minimum Gasteiger partial charge on any atom is -0.508 e. The number of aromatic hydroxyl groups is 1. The Morgan fingerprint density at radius 3 is 2.74 bits per heavy atom. The van der Waals surface area contributed by atoms with E-state index in [4.69, 9.17) is 9.72 Å². The second-order valence-electron chi connectivity index (χ2n) is 9.89. The van der Waals surface area contributed by atoms with Crippen LogP contribution in [0.4, 0.5) is 0 Å². The Morgan fingerprint density at radius 1 is 1.20 bits per heavy atom. The van der Waals surface area contributed by atoms with Gasteiger partial charge in [-0.15, -0.1) is 0 Å². The first-order chi connectivity index (χ1) is 17.0. The maximum Gasteiger partial charge on any atom is 0.313 e. The van der Waals surface area contributed by atoms with Crippen LogP contribution >= 0.6 is 0 Å². The lowest BCUT2D eigenvalue weighted by molar-refractivity contribution is -0.148. The van der Waals surface area contributed by atoms with Gasteiger partial charge >= 0.3 is 5.97 Å². The van der Waals surface area contributed by atoms with Crippen LogP contribution in [0, 0.1) is 0 Å². The molecule has 182 valence electrons. The van der Waals surface area contributed by atoms with Crippen molar-refractivity contribution in [1.82, 2.24) is 19.8 Å². The van der Waals surface area contributed by atoms with Crippen LogP contribution in [0.25, 0.3) is 22.3 Å². The molecule has 3 aliphatic rings. The number of nitrogens with zero attached hydrogens (tertiary/aromatic N) is 3. The number of benzene rings is 1. The molecule has 0 bridgehead atoms. The molecule has 1 aromatic carbocycles. The number of pyridine rings is 2. The molecular weight excluding hydrogens is 444 g/mol. The summed E-state index contributed by atoms with van der Waals surface area (Å²) in [6, 6.07) is 8.15. The van der Waals surface area contributed by atoms with Crippen molar-refractivity contribution in [2.75, 3.05) is 20.1 Å². The number of likely N-dealkylation sites (tertiary alicyclic amines) is 1. The van der Waals surface area contributed by atoms with E-state index >= 15 is 0 Å². The quantitative estimate of drug-likeness (QED) is 0.439. The summed E-state index contributed by atoms with van der Waals surface area (Å²) in [5.74, 6) is -0.412. The molecule has 1 fully saturated rings. The Kier molecular flexibility index (Phi) is 5.38. The van der Waals surface area contributed by atoms with Gasteiger partial charge in [0, 0.05) is 29.1 Å². The van der Waals surface area contributed by atoms with Gasteiger partial charge in [0.1, 0.15) is 12.4 Å². The fourth-order valence-electron chi connectivity index (χ4n) is 5.89. The van der Waals surface area contributed by atoms with Crippen LogP contribution in [-0.4, -0.2) is 51.7 Å². The molecule has 1 atom stereocenters. The first-order valence-corrected chi connectivity index (χ1v) is 12.5. The fraction of sp³-hybridized carbons (Fsp3) is 0.444. The molecule has 2 N–H and O–H groups in total. The summed E-state index contributed by atoms with van der Waals surface area (Å²) in [6.07, 6.45) is 2.76. The average molecular weight is 475 g/mol. The minimum atomic E-state index is -0.419. The highest BCUT2D eigenvalue weighted by Gasteiger charge is 2.34. The maximum atomic E-state index is 13.4. The van der Waals surface area contributed by atoms with E-state index in [0.29, 0.717) is 31.1 Å². The molecule has 1 unspecified atom stereocenters. The van der Waals surface area contributed by atoms with Crippen molar-refractivity contribution in [2.45, 2.75) is 57.8 Å². The van der Waals surface area contributed by atoms with Crippen molar-refractivity contribution < 1.29 is 14.6 Å². The number of aromatic nitrogens is 2. The number of phenols is 1. The molecule has 5 heterocycles. The van der Waals surface area contributed by atoms with E-state index in [1.165, 1.54) is 0 Å². The van der Waals surface area contributed by atoms with Gasteiger partial charge in [-0.25, -0.2) is 4.98 Å². The van der Waals surface area contributed by atoms with Gasteiger partial charge in [0.2, 0.25) is 0 Å². The molecule has 8 nitrogen and oxygen atoms in total. The summed E-state index contributed by atoms with van der Waals surface area (Å²) in [5, 5.41) is 15.0. The van der Waals surface area contributed by atoms with Gasteiger partial charge in [0.25, 0.3) is 5.56 Å². The van der Waals surface area contributed by atoms with Crippen LogP contribution in [0.1, 0.15) is 54.4 Å². The van der Waals surface area contributed by atoms with Crippen LogP contribution in [0.5, 0.6) is 5.75 Å². The number of phenolic OH excluding ortho intramolecular Hbond substituents is 1. The highest BCUT2D eigenvalue weighted by atomic mass is 16.5. The smallest absolute Gasteiger partial charge is 0.313 e. The number of nitrogens with one attached hydrogen (secondary N) is 1. The van der Waals surface area contributed by atoms with Crippen LogP contribution in [0.3, 0.4) is 0 Å². The number of rotatable bonds is 4. The molecular formula is C27H30N4O4. The highest BCUT2D eigenvalue weighted by Crippen LogP contribution is 2.38. The molecule has 0 aliphatic carbocycles. The first kappa shape index (κ1) is 22.2. The Labute approximate surface area is 203 Å². The topological polar surface area (TPSA) is 96.7 Å². The summed E-state index contributed by atoms with van der Waals surface area (Å²) in [4.78, 5) is 33.0. The number of carbonyl (C=O) groups is 1. The van der Waals surface area contributed by atoms with Gasteiger partial charge < -0.3 is 19.7 Å². The molecule has 3 aliphatic heterocycles. The van der Waals surface area contributed by atoms with Crippen LogP contribution in [0.2, 0.25) is 0 Å². The number of hydrogen-bond donors (Lipinski definition) is 2. The Morgan fingerprint density at radius 2 is 2.00 bits per heavy atom. The largest absolute Gasteiger partial charge is 0.508 e. The number of carbonyl (C=O) groups excluding carboxylic acids is 1. The Hall–Kier alpha value is -3.23. The summed E-state index contributed by atoms with van der Waals surface area (Å²) >= 11 is 0. The van der Waals surface area contributed by atoms with Gasteiger partial charge in [-0.3, -0.25) is 14.5 Å². The molecule has 0 radical (unpaired) electrons. The van der Waals surface area contributed by atoms with Crippen LogP contribution in [0.15, 0.2) is 29.1 Å². The number of esters is 1. The predicted molar refractivity (Wildman–Crippen MR) is 132 cm³/mol. The predicted octanol–water partition coefficient (Wildman–Crippen LogP) is 2.87. The number of piperidine rings is 1. The zero-order chi connectivity index (χ0) is 24.3. The lowest BCUT2D eigenvalue weighted by Gasteiger charge is -2.32. The van der Waals surface area contributed by atoms with E-state index in [2.05, 4.69) is 16.3 Å². The van der Waals surface area contributed by atoms with E-state index in [1.807, 2.05) is 26.1 Å². The molecule has 3 aromatic rings. The standard InChI is InChI=1S/C27H30N4O4/c1-3-17-18-11-23-25-15(12-31(23)26(33)21(18)14-35-27(17)34)10-19-20(24(32)5-4-22(19)29-25)13-30-8-6-16(28-2)7-9-30/h4-5,10-11,16-17,28,32H,3,6-9,12-14H2,1-2H3. The molecule has 6 rings (SSSR count). The number of ether oxygens (including phenoxy) is 1. The van der Waals surface area contributed by atoms with Crippen molar-refractivity contribution in [1.29, 1.82) is 0 Å². The third kappa shape index (κ3) is 3.54. The zero-order valence-corrected chi connectivity index (χ0v) is 20.1. The van der Waals surface area contributed by atoms with E-state index in [1.54, 1.807) is 10.6 Å². The third-order valence-corrected chi connectivity index (χ3v) is 7.97. The van der Waals surface area contributed by atoms with Crippen molar-refractivity contribution in [3.8, 4) is 17.1 Å². The number of hydrogen-bond acceptors (Lipinski definition) is 7. The summed E-state index contributed by atoms with van der Waals surface area (Å²) in [7, 11) is 2.01. The molecule has 0 amide bonds. The van der Waals surface area contributed by atoms with Crippen molar-refractivity contribution >= 4 is 16.9 Å². The van der Waals surface area contributed by atoms with Gasteiger partial charge in [-0.2, -0.15) is 0 Å². The molecule has 8 heteroatoms. The summed E-state index contributed by atoms with van der Waals surface area (Å²) in [5.41, 5.74) is 5.39. The normalized spacial score (nSPS) is 19.9. The van der Waals surface area contributed by atoms with Crippen LogP contribution < -0.4 is 10.9 Å². The van der Waals surface area contributed by atoms with E-state index in [0.717, 1.165) is 64.9 Å². The first-order valence-electron chi connectivity index (χ1n) is 12.5. The van der Waals surface area contributed by atoms with E-state index in [-0.39, 0.29) is 23.9 Å². The summed E-state index contributed by atoms with van der Waals surface area (Å²) in [6.45, 7) is 5.00. The van der Waals surface area contributed by atoms with Gasteiger partial charge in [-0.05, 0) is 69.2 Å². The number of cyclic esters (lactones) is 1. The third-order valence-electron chi connectivity index (χ3n) is 7.97. The Balaban J connectivity index is 1.42. The number of fused-ring (bicyclic) bond motifs is 5. The minimum absolute atomic E-state index is 0.0256. The van der Waals surface area contributed by atoms with Crippen molar-refractivity contribution in [3.05, 3.63) is 56.9 Å². The Bertz CT molecular complexity index is 1400. The second-order valence-corrected chi connectivity index (χ2v) is 9.89. The summed E-state index contributed by atoms with van der Waals surface area (Å²) < 4.78 is 7.04. The SMILES string of the molecule is CCC1C(=O)OCc2c1cc1n(c2=O)Cc2cc3c(CN4CCC(NC)CC4)c(O)ccc3nc2-1. The lowest BCUT2D eigenvalue weighted by atomic mass is 9.90. The van der Waals surface area contributed by atoms with E-state index < -0.39 is 5.92 Å². The average Bonchev–Trinajstić information content (AvgIpc) is 3.23. The zero-order valence-electron chi connectivity index (χ0n) is 20.1. The van der Waals surface area contributed by atoms with Gasteiger partial charge in [-0.1, -0.05) is 6.92 Å². The molecule has 1 saturated heterocycles. The molecule has 35 heavy (non-hydrogen) atoms. The monoisotopic (exact) mass is 474 g/mol. The fourth-order valence-corrected chi connectivity index (χ4v) is 5.89. The molecule has 0 spiro atoms. The van der Waals surface area contributed by atoms with Crippen molar-refractivity contribution in [3.63, 3.8) is 0 Å². The van der Waals surface area contributed by atoms with Gasteiger partial charge in [0.15, 0.2) is 0 Å². The van der Waals surface area contributed by atoms with Crippen molar-refractivity contribution in [2.24, 2.45) is 0 Å². The second kappa shape index (κ2) is 8.46. The molecule has 2 aromatic heterocycles.